The molecule has 0 aliphatic heterocycles. The van der Waals surface area contributed by atoms with E-state index in [1.54, 1.807) is 6.20 Å². The summed E-state index contributed by atoms with van der Waals surface area (Å²) < 4.78 is 4.57. The molecule has 1 rings (SSSR count). The second-order valence-corrected chi connectivity index (χ2v) is 3.57. The molecular weight excluding hydrogens is 206 g/mol. The number of methoxy groups -OCH3 is 1. The third kappa shape index (κ3) is 3.05. The number of esters is 1. The zero-order chi connectivity index (χ0) is 12.1. The van der Waals surface area contributed by atoms with E-state index in [-0.39, 0.29) is 5.69 Å². The van der Waals surface area contributed by atoms with Crippen molar-refractivity contribution in [2.45, 2.75) is 6.92 Å². The Hall–Kier alpha value is -1.91. The van der Waals surface area contributed by atoms with E-state index in [1.807, 2.05) is 18.9 Å². The summed E-state index contributed by atoms with van der Waals surface area (Å²) >= 11 is 0. The zero-order valence-corrected chi connectivity index (χ0v) is 9.73. The van der Waals surface area contributed by atoms with E-state index < -0.39 is 5.97 Å². The molecule has 0 amide bonds. The number of hydrogen-bond donors (Lipinski definition) is 0. The molecule has 0 spiro atoms. The highest BCUT2D eigenvalue weighted by atomic mass is 16.5. The number of hydrogen-bond acceptors (Lipinski definition) is 5. The van der Waals surface area contributed by atoms with Crippen molar-refractivity contribution in [3.63, 3.8) is 0 Å². The van der Waals surface area contributed by atoms with Gasteiger partial charge in [-0.15, -0.1) is 0 Å². The number of likely N-dealkylation sites (N-methyl/N-ethyl adjacent to an activating group) is 1. The van der Waals surface area contributed by atoms with Crippen LogP contribution in [0.25, 0.3) is 0 Å². The largest absolute Gasteiger partial charge is 0.464 e. The van der Waals surface area contributed by atoms with Crippen LogP contribution in [0.1, 0.15) is 17.4 Å². The van der Waals surface area contributed by atoms with Crippen LogP contribution in [0.5, 0.6) is 0 Å². The lowest BCUT2D eigenvalue weighted by Crippen LogP contribution is -2.21. The van der Waals surface area contributed by atoms with Gasteiger partial charge in [0.1, 0.15) is 5.82 Å². The molecule has 0 N–H and O–H groups in total. The van der Waals surface area contributed by atoms with E-state index in [4.69, 9.17) is 0 Å². The Balaban J connectivity index is 2.89. The van der Waals surface area contributed by atoms with Gasteiger partial charge in [-0.1, -0.05) is 12.2 Å². The standard InChI is InChI=1S/C11H15N3O2/c1-8(2)7-14(3)10-6-12-5-9(13-10)11(15)16-4/h5-6H,1,7H2,2-4H3. The van der Waals surface area contributed by atoms with Crippen molar-refractivity contribution in [1.82, 2.24) is 9.97 Å². The normalized spacial score (nSPS) is 9.69. The van der Waals surface area contributed by atoms with Crippen LogP contribution in [0, 0.1) is 0 Å². The highest BCUT2D eigenvalue weighted by molar-refractivity contribution is 5.87. The number of nitrogens with zero attached hydrogens (tertiary/aromatic N) is 3. The predicted octanol–water partition coefficient (Wildman–Crippen LogP) is 1.28. The summed E-state index contributed by atoms with van der Waals surface area (Å²) in [4.78, 5) is 21.2. The number of carbonyl (C=O) groups is 1. The fourth-order valence-corrected chi connectivity index (χ4v) is 1.23. The molecule has 0 bridgehead atoms. The SMILES string of the molecule is C=C(C)CN(C)c1cncc(C(=O)OC)n1. The van der Waals surface area contributed by atoms with Crippen LogP contribution in [-0.4, -0.2) is 36.6 Å². The van der Waals surface area contributed by atoms with E-state index >= 15 is 0 Å². The number of anilines is 1. The van der Waals surface area contributed by atoms with Gasteiger partial charge in [-0.25, -0.2) is 9.78 Å². The number of carbonyl (C=O) groups excluding carboxylic acids is 1. The van der Waals surface area contributed by atoms with Gasteiger partial charge < -0.3 is 9.64 Å². The minimum Gasteiger partial charge on any atom is -0.464 e. The Kier molecular flexibility index (Phi) is 3.99. The number of rotatable bonds is 4. The number of aromatic nitrogens is 2. The van der Waals surface area contributed by atoms with Crippen molar-refractivity contribution in [1.29, 1.82) is 0 Å². The maximum absolute atomic E-state index is 11.2. The first-order valence-electron chi connectivity index (χ1n) is 4.80. The minimum absolute atomic E-state index is 0.202. The van der Waals surface area contributed by atoms with Gasteiger partial charge in [-0.3, -0.25) is 4.98 Å². The van der Waals surface area contributed by atoms with Crippen molar-refractivity contribution in [3.8, 4) is 0 Å². The summed E-state index contributed by atoms with van der Waals surface area (Å²) in [6.07, 6.45) is 2.97. The highest BCUT2D eigenvalue weighted by Crippen LogP contribution is 2.09. The molecule has 0 saturated heterocycles. The maximum atomic E-state index is 11.2. The third-order valence-electron chi connectivity index (χ3n) is 1.91. The van der Waals surface area contributed by atoms with Crippen molar-refractivity contribution in [2.75, 3.05) is 25.6 Å². The molecule has 0 aliphatic rings. The fourth-order valence-electron chi connectivity index (χ4n) is 1.23. The van der Waals surface area contributed by atoms with Crippen molar-refractivity contribution in [2.24, 2.45) is 0 Å². The van der Waals surface area contributed by atoms with E-state index in [1.165, 1.54) is 13.3 Å². The Morgan fingerprint density at radius 2 is 2.25 bits per heavy atom. The van der Waals surface area contributed by atoms with Gasteiger partial charge in [0.2, 0.25) is 0 Å². The van der Waals surface area contributed by atoms with Gasteiger partial charge in [0.05, 0.1) is 19.5 Å². The predicted molar refractivity (Wildman–Crippen MR) is 61.5 cm³/mol. The first-order valence-corrected chi connectivity index (χ1v) is 4.80. The lowest BCUT2D eigenvalue weighted by Gasteiger charge is -2.17. The Bertz CT molecular complexity index is 404. The topological polar surface area (TPSA) is 55.3 Å². The molecule has 0 fully saturated rings. The van der Waals surface area contributed by atoms with Crippen molar-refractivity contribution < 1.29 is 9.53 Å². The molecule has 0 radical (unpaired) electrons. The van der Waals surface area contributed by atoms with Gasteiger partial charge >= 0.3 is 5.97 Å². The van der Waals surface area contributed by atoms with E-state index in [2.05, 4.69) is 21.3 Å². The Morgan fingerprint density at radius 3 is 2.81 bits per heavy atom. The second-order valence-electron chi connectivity index (χ2n) is 3.57. The molecule has 1 aromatic heterocycles. The molecule has 1 aromatic rings. The molecule has 5 nitrogen and oxygen atoms in total. The van der Waals surface area contributed by atoms with Gasteiger partial charge in [0.25, 0.3) is 0 Å². The first-order chi connectivity index (χ1) is 7.54. The molecule has 0 saturated carbocycles. The van der Waals surface area contributed by atoms with Gasteiger partial charge in [0, 0.05) is 13.6 Å². The van der Waals surface area contributed by atoms with Crippen LogP contribution in [0.4, 0.5) is 5.82 Å². The smallest absolute Gasteiger partial charge is 0.358 e. The lowest BCUT2D eigenvalue weighted by molar-refractivity contribution is 0.0593. The monoisotopic (exact) mass is 221 g/mol. The molecule has 16 heavy (non-hydrogen) atoms. The molecule has 1 heterocycles. The minimum atomic E-state index is -0.488. The van der Waals surface area contributed by atoms with Crippen LogP contribution < -0.4 is 4.90 Å². The maximum Gasteiger partial charge on any atom is 0.358 e. The van der Waals surface area contributed by atoms with Crippen molar-refractivity contribution >= 4 is 11.8 Å². The quantitative estimate of drug-likeness (QED) is 0.566. The second kappa shape index (κ2) is 5.25. The summed E-state index contributed by atoms with van der Waals surface area (Å²) in [5.41, 5.74) is 1.21. The van der Waals surface area contributed by atoms with E-state index in [9.17, 15) is 4.79 Å². The average molecular weight is 221 g/mol. The number of ether oxygens (including phenoxy) is 1. The lowest BCUT2D eigenvalue weighted by atomic mass is 10.3. The summed E-state index contributed by atoms with van der Waals surface area (Å²) in [5, 5.41) is 0. The summed E-state index contributed by atoms with van der Waals surface area (Å²) in [6, 6.07) is 0. The molecule has 0 unspecified atom stereocenters. The molecular formula is C11H15N3O2. The summed E-state index contributed by atoms with van der Waals surface area (Å²) in [6.45, 7) is 6.40. The Morgan fingerprint density at radius 1 is 1.56 bits per heavy atom. The molecule has 86 valence electrons. The van der Waals surface area contributed by atoms with Crippen LogP contribution >= 0.6 is 0 Å². The third-order valence-corrected chi connectivity index (χ3v) is 1.91. The average Bonchev–Trinajstić information content (AvgIpc) is 2.27. The van der Waals surface area contributed by atoms with Gasteiger partial charge in [-0.2, -0.15) is 0 Å². The van der Waals surface area contributed by atoms with Crippen LogP contribution in [-0.2, 0) is 4.74 Å². The Labute approximate surface area is 94.8 Å². The molecule has 0 aromatic carbocycles. The zero-order valence-electron chi connectivity index (χ0n) is 9.73. The molecule has 0 aliphatic carbocycles. The van der Waals surface area contributed by atoms with E-state index in [0.29, 0.717) is 12.4 Å². The van der Waals surface area contributed by atoms with E-state index in [0.717, 1.165) is 5.57 Å². The highest BCUT2D eigenvalue weighted by Gasteiger charge is 2.10. The van der Waals surface area contributed by atoms with Gasteiger partial charge in [-0.05, 0) is 6.92 Å². The fraction of sp³-hybridized carbons (Fsp3) is 0.364. The van der Waals surface area contributed by atoms with Crippen molar-refractivity contribution in [3.05, 3.63) is 30.2 Å². The molecule has 0 atom stereocenters. The van der Waals surface area contributed by atoms with Crippen LogP contribution in [0.3, 0.4) is 0 Å². The van der Waals surface area contributed by atoms with Crippen LogP contribution in [0.2, 0.25) is 0 Å². The summed E-state index contributed by atoms with van der Waals surface area (Å²) in [5.74, 6) is 0.129. The molecule has 5 heteroatoms. The van der Waals surface area contributed by atoms with Gasteiger partial charge in [0.15, 0.2) is 5.69 Å². The first kappa shape index (κ1) is 12.2. The van der Waals surface area contributed by atoms with Crippen LogP contribution in [0.15, 0.2) is 24.5 Å². The summed E-state index contributed by atoms with van der Waals surface area (Å²) in [7, 11) is 3.17.